The molecule has 0 unspecified atom stereocenters. The Balaban J connectivity index is 2.81. The second-order valence-corrected chi connectivity index (χ2v) is 4.65. The Bertz CT molecular complexity index is 176. The Labute approximate surface area is 63.4 Å². The van der Waals surface area contributed by atoms with Gasteiger partial charge in [0.2, 0.25) is 5.91 Å². The van der Waals surface area contributed by atoms with Gasteiger partial charge in [0.15, 0.2) is 0 Å². The highest BCUT2D eigenvalue weighted by atomic mass is 32.2. The van der Waals surface area contributed by atoms with E-state index in [2.05, 4.69) is 5.32 Å². The van der Waals surface area contributed by atoms with Crippen LogP contribution in [0.15, 0.2) is 0 Å². The number of nitrogens with one attached hydrogen (secondary N) is 1. The SMILES string of the molecule is CC1(C)SC(=S)NC1=O. The molecule has 1 saturated heterocycles. The second kappa shape index (κ2) is 1.95. The van der Waals surface area contributed by atoms with Gasteiger partial charge in [-0.15, -0.1) is 0 Å². The summed E-state index contributed by atoms with van der Waals surface area (Å²) >= 11 is 6.18. The standard InChI is InChI=1S/C5H7NOS2/c1-5(2)3(7)6-4(8)9-5/h1-2H3,(H,6,7,8). The highest BCUT2D eigenvalue weighted by Gasteiger charge is 2.36. The lowest BCUT2D eigenvalue weighted by molar-refractivity contribution is -0.120. The summed E-state index contributed by atoms with van der Waals surface area (Å²) in [5.74, 6) is 0.0116. The number of thioether (sulfide) groups is 1. The largest absolute Gasteiger partial charge is 0.310 e. The van der Waals surface area contributed by atoms with Crippen LogP contribution in [-0.2, 0) is 4.79 Å². The maximum atomic E-state index is 10.9. The van der Waals surface area contributed by atoms with Crippen LogP contribution in [0, 0.1) is 0 Å². The third-order valence-electron chi connectivity index (χ3n) is 1.11. The van der Waals surface area contributed by atoms with Crippen LogP contribution in [0.25, 0.3) is 0 Å². The molecule has 0 aromatic carbocycles. The van der Waals surface area contributed by atoms with Crippen LogP contribution in [-0.4, -0.2) is 15.0 Å². The van der Waals surface area contributed by atoms with Crippen molar-refractivity contribution in [3.8, 4) is 0 Å². The molecular weight excluding hydrogens is 154 g/mol. The predicted molar refractivity (Wildman–Crippen MR) is 42.4 cm³/mol. The van der Waals surface area contributed by atoms with E-state index in [0.29, 0.717) is 4.32 Å². The molecule has 1 rings (SSSR count). The quantitative estimate of drug-likeness (QED) is 0.535. The zero-order valence-electron chi connectivity index (χ0n) is 5.22. The fourth-order valence-electron chi connectivity index (χ4n) is 0.547. The molecule has 0 aromatic heterocycles. The number of carbonyl (C=O) groups excluding carboxylic acids is 1. The Morgan fingerprint density at radius 2 is 2.22 bits per heavy atom. The molecule has 4 heteroatoms. The topological polar surface area (TPSA) is 29.1 Å². The van der Waals surface area contributed by atoms with E-state index in [-0.39, 0.29) is 10.7 Å². The van der Waals surface area contributed by atoms with Crippen LogP contribution in [0.2, 0.25) is 0 Å². The summed E-state index contributed by atoms with van der Waals surface area (Å²) < 4.78 is 0.238. The highest BCUT2D eigenvalue weighted by molar-refractivity contribution is 8.25. The van der Waals surface area contributed by atoms with Crippen LogP contribution in [0.3, 0.4) is 0 Å². The first-order chi connectivity index (χ1) is 4.02. The molecule has 1 amide bonds. The van der Waals surface area contributed by atoms with Gasteiger partial charge in [-0.1, -0.05) is 24.0 Å². The molecule has 1 heterocycles. The second-order valence-electron chi connectivity index (χ2n) is 2.35. The minimum Gasteiger partial charge on any atom is -0.310 e. The molecule has 1 fully saturated rings. The number of hydrogen-bond acceptors (Lipinski definition) is 3. The van der Waals surface area contributed by atoms with E-state index < -0.39 is 0 Å². The smallest absolute Gasteiger partial charge is 0.241 e. The van der Waals surface area contributed by atoms with Crippen LogP contribution in [0.5, 0.6) is 0 Å². The minimum atomic E-state index is -0.350. The average Bonchev–Trinajstić information content (AvgIpc) is 1.79. The van der Waals surface area contributed by atoms with Gasteiger partial charge in [-0.2, -0.15) is 0 Å². The molecule has 1 N–H and O–H groups in total. The molecule has 0 radical (unpaired) electrons. The fraction of sp³-hybridized carbons (Fsp3) is 0.600. The van der Waals surface area contributed by atoms with Crippen molar-refractivity contribution in [3.05, 3.63) is 0 Å². The first kappa shape index (κ1) is 7.02. The van der Waals surface area contributed by atoms with Gasteiger partial charge in [0.25, 0.3) is 0 Å². The van der Waals surface area contributed by atoms with E-state index in [1.807, 2.05) is 13.8 Å². The zero-order chi connectivity index (χ0) is 7.07. The van der Waals surface area contributed by atoms with E-state index in [1.165, 1.54) is 11.8 Å². The molecule has 1 aliphatic heterocycles. The Morgan fingerprint density at radius 1 is 1.67 bits per heavy atom. The van der Waals surface area contributed by atoms with E-state index in [9.17, 15) is 4.79 Å². The highest BCUT2D eigenvalue weighted by Crippen LogP contribution is 2.30. The summed E-state index contributed by atoms with van der Waals surface area (Å²) in [5, 5.41) is 2.56. The fourth-order valence-corrected chi connectivity index (χ4v) is 2.02. The molecule has 0 atom stereocenters. The summed E-state index contributed by atoms with van der Waals surface area (Å²) in [7, 11) is 0. The van der Waals surface area contributed by atoms with Crippen molar-refractivity contribution < 1.29 is 4.79 Å². The maximum Gasteiger partial charge on any atom is 0.241 e. The molecule has 50 valence electrons. The number of carbonyl (C=O) groups is 1. The number of rotatable bonds is 0. The number of hydrogen-bond donors (Lipinski definition) is 1. The lowest BCUT2D eigenvalue weighted by Crippen LogP contribution is -2.30. The zero-order valence-corrected chi connectivity index (χ0v) is 6.86. The van der Waals surface area contributed by atoms with E-state index in [4.69, 9.17) is 12.2 Å². The van der Waals surface area contributed by atoms with Gasteiger partial charge in [0.1, 0.15) is 4.32 Å². The van der Waals surface area contributed by atoms with Crippen molar-refractivity contribution in [1.82, 2.24) is 5.32 Å². The summed E-state index contributed by atoms with van der Waals surface area (Å²) in [5.41, 5.74) is 0. The van der Waals surface area contributed by atoms with Gasteiger partial charge in [0.05, 0.1) is 4.75 Å². The number of amides is 1. The van der Waals surface area contributed by atoms with Gasteiger partial charge >= 0.3 is 0 Å². The van der Waals surface area contributed by atoms with Gasteiger partial charge < -0.3 is 5.32 Å². The van der Waals surface area contributed by atoms with Crippen molar-refractivity contribution in [2.24, 2.45) is 0 Å². The van der Waals surface area contributed by atoms with Crippen molar-refractivity contribution in [1.29, 1.82) is 0 Å². The first-order valence-corrected chi connectivity index (χ1v) is 3.79. The van der Waals surface area contributed by atoms with Gasteiger partial charge in [-0.3, -0.25) is 4.79 Å². The molecule has 2 nitrogen and oxygen atoms in total. The van der Waals surface area contributed by atoms with Crippen molar-refractivity contribution in [2.45, 2.75) is 18.6 Å². The summed E-state index contributed by atoms with van der Waals surface area (Å²) in [6.45, 7) is 3.71. The minimum absolute atomic E-state index is 0.0116. The molecule has 0 aromatic rings. The summed E-state index contributed by atoms with van der Waals surface area (Å²) in [6, 6.07) is 0. The van der Waals surface area contributed by atoms with Gasteiger partial charge in [0, 0.05) is 0 Å². The van der Waals surface area contributed by atoms with Crippen molar-refractivity contribution in [3.63, 3.8) is 0 Å². The Morgan fingerprint density at radius 3 is 2.33 bits per heavy atom. The maximum absolute atomic E-state index is 10.9. The van der Waals surface area contributed by atoms with Crippen LogP contribution in [0.4, 0.5) is 0 Å². The number of thiocarbonyl (C=S) groups is 1. The molecular formula is C5H7NOS2. The summed E-state index contributed by atoms with van der Waals surface area (Å²) in [4.78, 5) is 10.9. The lowest BCUT2D eigenvalue weighted by atomic mass is 10.2. The Kier molecular flexibility index (Phi) is 1.52. The average molecular weight is 161 g/mol. The Hall–Kier alpha value is -0.0900. The van der Waals surface area contributed by atoms with E-state index in [1.54, 1.807) is 0 Å². The normalized spacial score (nSPS) is 24.2. The molecule has 0 saturated carbocycles. The molecule has 1 aliphatic rings. The van der Waals surface area contributed by atoms with Gasteiger partial charge in [-0.25, -0.2) is 0 Å². The first-order valence-electron chi connectivity index (χ1n) is 2.57. The molecule has 0 bridgehead atoms. The predicted octanol–water partition coefficient (Wildman–Crippen LogP) is 0.913. The van der Waals surface area contributed by atoms with Crippen LogP contribution < -0.4 is 5.32 Å². The van der Waals surface area contributed by atoms with Crippen molar-refractivity contribution in [2.75, 3.05) is 0 Å². The van der Waals surface area contributed by atoms with Gasteiger partial charge in [-0.05, 0) is 13.8 Å². The lowest BCUT2D eigenvalue weighted by Gasteiger charge is -2.08. The van der Waals surface area contributed by atoms with E-state index in [0.717, 1.165) is 0 Å². The molecule has 0 spiro atoms. The van der Waals surface area contributed by atoms with Crippen molar-refractivity contribution >= 4 is 34.2 Å². The van der Waals surface area contributed by atoms with E-state index >= 15 is 0 Å². The van der Waals surface area contributed by atoms with Crippen LogP contribution >= 0.6 is 24.0 Å². The monoisotopic (exact) mass is 161 g/mol. The van der Waals surface area contributed by atoms with Crippen LogP contribution in [0.1, 0.15) is 13.8 Å². The third-order valence-corrected chi connectivity index (χ3v) is 2.45. The summed E-state index contributed by atoms with van der Waals surface area (Å²) in [6.07, 6.45) is 0. The third kappa shape index (κ3) is 1.24. The molecule has 9 heavy (non-hydrogen) atoms. The molecule has 0 aliphatic carbocycles.